The number of hydrogen-bond acceptors (Lipinski definition) is 5. The van der Waals surface area contributed by atoms with Crippen molar-refractivity contribution in [3.63, 3.8) is 0 Å². The molecule has 1 aromatic carbocycles. The van der Waals surface area contributed by atoms with Gasteiger partial charge in [0, 0.05) is 31.0 Å². The van der Waals surface area contributed by atoms with Crippen LogP contribution in [0.5, 0.6) is 0 Å². The Balaban J connectivity index is 1.78. The SMILES string of the molecule is CC(C)(C)OC(=O)NCC(C)(C=O)C1CN(C(=O)OCc2ccccc2)C1. The van der Waals surface area contributed by atoms with Gasteiger partial charge in [0.2, 0.25) is 0 Å². The van der Waals surface area contributed by atoms with Crippen LogP contribution >= 0.6 is 0 Å². The second-order valence-corrected chi connectivity index (χ2v) is 8.12. The highest BCUT2D eigenvalue weighted by Crippen LogP contribution is 2.33. The third kappa shape index (κ3) is 5.98. The highest BCUT2D eigenvalue weighted by atomic mass is 16.6. The van der Waals surface area contributed by atoms with Gasteiger partial charge in [-0.3, -0.25) is 0 Å². The number of alkyl carbamates (subject to hydrolysis) is 1. The van der Waals surface area contributed by atoms with Gasteiger partial charge in [0.1, 0.15) is 18.5 Å². The Hall–Kier alpha value is -2.57. The number of ether oxygens (including phenoxy) is 2. The summed E-state index contributed by atoms with van der Waals surface area (Å²) in [5.41, 5.74) is -0.452. The lowest BCUT2D eigenvalue weighted by Crippen LogP contribution is -2.59. The van der Waals surface area contributed by atoms with E-state index in [-0.39, 0.29) is 19.1 Å². The first-order chi connectivity index (χ1) is 12.6. The summed E-state index contributed by atoms with van der Waals surface area (Å²) in [7, 11) is 0. The first kappa shape index (κ1) is 20.7. The Kier molecular flexibility index (Phi) is 6.46. The van der Waals surface area contributed by atoms with Gasteiger partial charge in [-0.2, -0.15) is 0 Å². The maximum atomic E-state index is 12.1. The van der Waals surface area contributed by atoms with Gasteiger partial charge in [-0.25, -0.2) is 9.59 Å². The summed E-state index contributed by atoms with van der Waals surface area (Å²) < 4.78 is 10.5. The average Bonchev–Trinajstić information content (AvgIpc) is 2.56. The number of amides is 2. The van der Waals surface area contributed by atoms with Crippen molar-refractivity contribution in [1.82, 2.24) is 10.2 Å². The van der Waals surface area contributed by atoms with Crippen LogP contribution in [0.1, 0.15) is 33.3 Å². The molecule has 148 valence electrons. The fourth-order valence-electron chi connectivity index (χ4n) is 2.71. The van der Waals surface area contributed by atoms with Crippen LogP contribution in [0.4, 0.5) is 9.59 Å². The minimum Gasteiger partial charge on any atom is -0.445 e. The molecule has 2 rings (SSSR count). The summed E-state index contributed by atoms with van der Waals surface area (Å²) in [5.74, 6) is -0.0470. The van der Waals surface area contributed by atoms with E-state index in [1.165, 1.54) is 0 Å². The molecule has 0 aromatic heterocycles. The zero-order valence-corrected chi connectivity index (χ0v) is 16.4. The number of nitrogens with one attached hydrogen (secondary N) is 1. The molecular weight excluding hydrogens is 348 g/mol. The largest absolute Gasteiger partial charge is 0.445 e. The topological polar surface area (TPSA) is 84.9 Å². The predicted octanol–water partition coefficient (Wildman–Crippen LogP) is 2.98. The van der Waals surface area contributed by atoms with Gasteiger partial charge < -0.3 is 24.5 Å². The van der Waals surface area contributed by atoms with E-state index < -0.39 is 23.2 Å². The number of benzene rings is 1. The highest BCUT2D eigenvalue weighted by molar-refractivity contribution is 5.71. The van der Waals surface area contributed by atoms with E-state index in [1.807, 2.05) is 30.3 Å². The quantitative estimate of drug-likeness (QED) is 0.772. The molecule has 1 heterocycles. The number of carbonyl (C=O) groups excluding carboxylic acids is 3. The minimum absolute atomic E-state index is 0.0470. The van der Waals surface area contributed by atoms with Gasteiger partial charge in [-0.15, -0.1) is 0 Å². The number of aldehydes is 1. The predicted molar refractivity (Wildman–Crippen MR) is 100 cm³/mol. The second-order valence-electron chi connectivity index (χ2n) is 8.12. The summed E-state index contributed by atoms with van der Waals surface area (Å²) in [6, 6.07) is 9.44. The first-order valence-corrected chi connectivity index (χ1v) is 9.02. The molecule has 27 heavy (non-hydrogen) atoms. The van der Waals surface area contributed by atoms with Crippen molar-refractivity contribution in [1.29, 1.82) is 0 Å². The summed E-state index contributed by atoms with van der Waals surface area (Å²) in [6.07, 6.45) is -0.126. The number of carbonyl (C=O) groups is 3. The molecule has 1 fully saturated rings. The minimum atomic E-state index is -0.771. The van der Waals surface area contributed by atoms with Gasteiger partial charge >= 0.3 is 12.2 Å². The molecule has 7 nitrogen and oxygen atoms in total. The zero-order valence-electron chi connectivity index (χ0n) is 16.4. The molecule has 0 radical (unpaired) electrons. The van der Waals surface area contributed by atoms with E-state index in [4.69, 9.17) is 9.47 Å². The lowest BCUT2D eigenvalue weighted by molar-refractivity contribution is -0.121. The normalized spacial score (nSPS) is 16.7. The first-order valence-electron chi connectivity index (χ1n) is 9.02. The number of likely N-dealkylation sites (tertiary alicyclic amines) is 1. The van der Waals surface area contributed by atoms with Crippen molar-refractivity contribution in [2.24, 2.45) is 11.3 Å². The van der Waals surface area contributed by atoms with Crippen LogP contribution in [0.25, 0.3) is 0 Å². The van der Waals surface area contributed by atoms with Gasteiger partial charge in [-0.1, -0.05) is 37.3 Å². The lowest BCUT2D eigenvalue weighted by Gasteiger charge is -2.45. The maximum absolute atomic E-state index is 12.1. The van der Waals surface area contributed by atoms with Gasteiger partial charge in [0.25, 0.3) is 0 Å². The fraction of sp³-hybridized carbons (Fsp3) is 0.550. The molecule has 2 amide bonds. The molecule has 1 unspecified atom stereocenters. The summed E-state index contributed by atoms with van der Waals surface area (Å²) in [6.45, 7) is 8.30. The standard InChI is InChI=1S/C20H28N2O5/c1-19(2,3)27-17(24)21-13-20(4,14-23)16-10-22(11-16)18(25)26-12-15-8-6-5-7-9-15/h5-9,14,16H,10-13H2,1-4H3,(H,21,24). The number of rotatable bonds is 6. The smallest absolute Gasteiger partial charge is 0.410 e. The van der Waals surface area contributed by atoms with Crippen molar-refractivity contribution in [2.75, 3.05) is 19.6 Å². The van der Waals surface area contributed by atoms with Crippen LogP contribution in [0, 0.1) is 11.3 Å². The van der Waals surface area contributed by atoms with E-state index in [1.54, 1.807) is 32.6 Å². The van der Waals surface area contributed by atoms with Crippen molar-refractivity contribution in [2.45, 2.75) is 39.9 Å². The van der Waals surface area contributed by atoms with Crippen LogP contribution in [0.2, 0.25) is 0 Å². The lowest BCUT2D eigenvalue weighted by atomic mass is 9.74. The number of hydrogen-bond donors (Lipinski definition) is 1. The van der Waals surface area contributed by atoms with Crippen molar-refractivity contribution >= 4 is 18.5 Å². The second kappa shape index (κ2) is 8.41. The highest BCUT2D eigenvalue weighted by Gasteiger charge is 2.44. The molecular formula is C20H28N2O5. The van der Waals surface area contributed by atoms with Crippen LogP contribution in [0.3, 0.4) is 0 Å². The Morgan fingerprint density at radius 3 is 2.37 bits per heavy atom. The molecule has 1 N–H and O–H groups in total. The van der Waals surface area contributed by atoms with Crippen LogP contribution in [-0.2, 0) is 20.9 Å². The van der Waals surface area contributed by atoms with Crippen LogP contribution in [-0.4, -0.2) is 48.6 Å². The number of nitrogens with zero attached hydrogens (tertiary/aromatic N) is 1. The molecule has 0 spiro atoms. The molecule has 7 heteroatoms. The average molecular weight is 376 g/mol. The molecule has 1 aromatic rings. The van der Waals surface area contributed by atoms with Crippen molar-refractivity contribution < 1.29 is 23.9 Å². The monoisotopic (exact) mass is 376 g/mol. The van der Waals surface area contributed by atoms with Crippen molar-refractivity contribution in [3.05, 3.63) is 35.9 Å². The van der Waals surface area contributed by atoms with Crippen molar-refractivity contribution in [3.8, 4) is 0 Å². The van der Waals surface area contributed by atoms with E-state index in [2.05, 4.69) is 5.32 Å². The van der Waals surface area contributed by atoms with E-state index in [9.17, 15) is 14.4 Å². The maximum Gasteiger partial charge on any atom is 0.410 e. The molecule has 0 bridgehead atoms. The van der Waals surface area contributed by atoms with Crippen LogP contribution in [0.15, 0.2) is 30.3 Å². The molecule has 0 saturated carbocycles. The molecule has 1 aliphatic rings. The summed E-state index contributed by atoms with van der Waals surface area (Å²) in [5, 5.41) is 2.64. The third-order valence-corrected chi connectivity index (χ3v) is 4.56. The van der Waals surface area contributed by atoms with E-state index in [0.29, 0.717) is 13.1 Å². The summed E-state index contributed by atoms with van der Waals surface area (Å²) in [4.78, 5) is 37.1. The molecule has 1 aliphatic heterocycles. The molecule has 1 saturated heterocycles. The van der Waals surface area contributed by atoms with Gasteiger partial charge in [0.05, 0.1) is 0 Å². The Labute approximate surface area is 160 Å². The van der Waals surface area contributed by atoms with E-state index in [0.717, 1.165) is 11.8 Å². The molecule has 1 atom stereocenters. The van der Waals surface area contributed by atoms with E-state index >= 15 is 0 Å². The Bertz CT molecular complexity index is 665. The summed E-state index contributed by atoms with van der Waals surface area (Å²) >= 11 is 0. The Morgan fingerprint density at radius 1 is 1.19 bits per heavy atom. The third-order valence-electron chi connectivity index (χ3n) is 4.56. The zero-order chi connectivity index (χ0) is 20.1. The van der Waals surface area contributed by atoms with Gasteiger partial charge in [-0.05, 0) is 26.3 Å². The Morgan fingerprint density at radius 2 is 1.81 bits per heavy atom. The van der Waals surface area contributed by atoms with Gasteiger partial charge in [0.15, 0.2) is 0 Å². The molecule has 0 aliphatic carbocycles. The fourth-order valence-corrected chi connectivity index (χ4v) is 2.71. The van der Waals surface area contributed by atoms with Crippen LogP contribution < -0.4 is 5.32 Å².